The summed E-state index contributed by atoms with van der Waals surface area (Å²) in [7, 11) is 0. The fourth-order valence-electron chi connectivity index (χ4n) is 2.63. The summed E-state index contributed by atoms with van der Waals surface area (Å²) in [6, 6.07) is 5.32. The minimum Gasteiger partial charge on any atom is -0.490 e. The normalized spacial score (nSPS) is 15.4. The molecule has 3 rings (SSSR count). The molecule has 0 spiro atoms. The molecule has 1 amide bonds. The van der Waals surface area contributed by atoms with E-state index in [0.717, 1.165) is 37.4 Å². The van der Waals surface area contributed by atoms with Crippen molar-refractivity contribution in [3.63, 3.8) is 0 Å². The van der Waals surface area contributed by atoms with Crippen molar-refractivity contribution in [1.82, 2.24) is 15.0 Å². The molecule has 1 saturated heterocycles. The number of piperidine rings is 1. The molecule has 7 nitrogen and oxygen atoms in total. The number of aromatic nitrogens is 3. The predicted octanol–water partition coefficient (Wildman–Crippen LogP) is 1.33. The van der Waals surface area contributed by atoms with Gasteiger partial charge >= 0.3 is 0 Å². The summed E-state index contributed by atoms with van der Waals surface area (Å²) < 4.78 is 5.95. The third-order valence-electron chi connectivity index (χ3n) is 3.84. The van der Waals surface area contributed by atoms with Gasteiger partial charge in [0.25, 0.3) is 5.91 Å². The van der Waals surface area contributed by atoms with Crippen molar-refractivity contribution in [1.29, 1.82) is 0 Å². The van der Waals surface area contributed by atoms with Crippen LogP contribution in [0.15, 0.2) is 30.7 Å². The number of aryl methyl sites for hydroxylation is 1. The predicted molar refractivity (Wildman–Crippen MR) is 85.4 cm³/mol. The van der Waals surface area contributed by atoms with Gasteiger partial charge in [-0.05, 0) is 13.0 Å². The summed E-state index contributed by atoms with van der Waals surface area (Å²) in [6.07, 6.45) is 5.01. The third kappa shape index (κ3) is 3.74. The second kappa shape index (κ2) is 6.60. The summed E-state index contributed by atoms with van der Waals surface area (Å²) in [4.78, 5) is 25.7. The van der Waals surface area contributed by atoms with E-state index in [1.807, 2.05) is 13.0 Å². The highest BCUT2D eigenvalue weighted by molar-refractivity contribution is 5.91. The van der Waals surface area contributed by atoms with Crippen molar-refractivity contribution in [3.05, 3.63) is 42.1 Å². The molecule has 2 aromatic heterocycles. The Morgan fingerprint density at radius 1 is 1.26 bits per heavy atom. The molecule has 2 N–H and O–H groups in total. The maximum Gasteiger partial charge on any atom is 0.267 e. The van der Waals surface area contributed by atoms with Gasteiger partial charge in [-0.3, -0.25) is 9.78 Å². The zero-order chi connectivity index (χ0) is 16.2. The smallest absolute Gasteiger partial charge is 0.267 e. The van der Waals surface area contributed by atoms with Crippen LogP contribution in [0, 0.1) is 6.92 Å². The Kier molecular flexibility index (Phi) is 4.36. The van der Waals surface area contributed by atoms with Gasteiger partial charge in [0, 0.05) is 50.0 Å². The van der Waals surface area contributed by atoms with E-state index in [4.69, 9.17) is 10.5 Å². The van der Waals surface area contributed by atoms with E-state index >= 15 is 0 Å². The summed E-state index contributed by atoms with van der Waals surface area (Å²) in [5, 5.41) is 0. The lowest BCUT2D eigenvalue weighted by atomic mass is 10.1. The van der Waals surface area contributed by atoms with Crippen molar-refractivity contribution in [2.24, 2.45) is 5.73 Å². The fraction of sp³-hybridized carbons (Fsp3) is 0.375. The first-order chi connectivity index (χ1) is 11.1. The Hall–Kier alpha value is -2.70. The Bertz CT molecular complexity index is 698. The number of rotatable bonds is 4. The number of primary amides is 1. The largest absolute Gasteiger partial charge is 0.490 e. The van der Waals surface area contributed by atoms with Crippen molar-refractivity contribution in [3.8, 4) is 5.75 Å². The quantitative estimate of drug-likeness (QED) is 0.915. The fourth-order valence-corrected chi connectivity index (χ4v) is 2.63. The van der Waals surface area contributed by atoms with Gasteiger partial charge in [-0.1, -0.05) is 0 Å². The minimum atomic E-state index is -0.551. The number of carbonyl (C=O) groups is 1. The van der Waals surface area contributed by atoms with Crippen LogP contribution < -0.4 is 15.4 Å². The summed E-state index contributed by atoms with van der Waals surface area (Å²) in [6.45, 7) is 3.70. The lowest BCUT2D eigenvalue weighted by molar-refractivity contribution is 0.0994. The average Bonchev–Trinajstić information content (AvgIpc) is 2.56. The SMILES string of the molecule is Cc1cc(N2CCC(Oc3ccnc(C(N)=O)c3)CC2)ncn1. The van der Waals surface area contributed by atoms with Gasteiger partial charge in [-0.15, -0.1) is 0 Å². The van der Waals surface area contributed by atoms with Gasteiger partial charge in [-0.2, -0.15) is 0 Å². The first-order valence-electron chi connectivity index (χ1n) is 7.58. The van der Waals surface area contributed by atoms with E-state index in [-0.39, 0.29) is 11.8 Å². The molecule has 0 bridgehead atoms. The van der Waals surface area contributed by atoms with Crippen molar-refractivity contribution < 1.29 is 9.53 Å². The molecule has 0 radical (unpaired) electrons. The molecule has 23 heavy (non-hydrogen) atoms. The number of ether oxygens (including phenoxy) is 1. The molecule has 0 atom stereocenters. The van der Waals surface area contributed by atoms with Crippen LogP contribution in [-0.4, -0.2) is 40.1 Å². The Labute approximate surface area is 134 Å². The maximum atomic E-state index is 11.2. The molecule has 3 heterocycles. The van der Waals surface area contributed by atoms with E-state index in [2.05, 4.69) is 19.9 Å². The zero-order valence-electron chi connectivity index (χ0n) is 13.0. The Balaban J connectivity index is 1.59. The molecule has 1 aliphatic rings. The molecule has 0 saturated carbocycles. The van der Waals surface area contributed by atoms with E-state index in [9.17, 15) is 4.79 Å². The van der Waals surface area contributed by atoms with Crippen LogP contribution in [0.25, 0.3) is 0 Å². The second-order valence-electron chi connectivity index (χ2n) is 5.56. The summed E-state index contributed by atoms with van der Waals surface area (Å²) >= 11 is 0. The molecular formula is C16H19N5O2. The van der Waals surface area contributed by atoms with Gasteiger partial charge < -0.3 is 15.4 Å². The molecule has 7 heteroatoms. The minimum absolute atomic E-state index is 0.109. The molecule has 1 fully saturated rings. The number of amides is 1. The van der Waals surface area contributed by atoms with Crippen LogP contribution in [-0.2, 0) is 0 Å². The van der Waals surface area contributed by atoms with Crippen LogP contribution >= 0.6 is 0 Å². The van der Waals surface area contributed by atoms with Gasteiger partial charge in [0.15, 0.2) is 0 Å². The first-order valence-corrected chi connectivity index (χ1v) is 7.58. The molecule has 2 aromatic rings. The number of hydrogen-bond acceptors (Lipinski definition) is 6. The van der Waals surface area contributed by atoms with Gasteiger partial charge in [0.05, 0.1) is 0 Å². The van der Waals surface area contributed by atoms with Crippen LogP contribution in [0.1, 0.15) is 29.0 Å². The van der Waals surface area contributed by atoms with E-state index in [1.165, 1.54) is 6.20 Å². The summed E-state index contributed by atoms with van der Waals surface area (Å²) in [5.74, 6) is 1.03. The number of anilines is 1. The monoisotopic (exact) mass is 313 g/mol. The first kappa shape index (κ1) is 15.2. The zero-order valence-corrected chi connectivity index (χ0v) is 13.0. The number of nitrogens with two attached hydrogens (primary N) is 1. The van der Waals surface area contributed by atoms with Crippen LogP contribution in [0.3, 0.4) is 0 Å². The lowest BCUT2D eigenvalue weighted by Gasteiger charge is -2.33. The van der Waals surface area contributed by atoms with Gasteiger partial charge in [0.2, 0.25) is 0 Å². The molecular weight excluding hydrogens is 294 g/mol. The lowest BCUT2D eigenvalue weighted by Crippen LogP contribution is -2.38. The van der Waals surface area contributed by atoms with Crippen LogP contribution in [0.4, 0.5) is 5.82 Å². The molecule has 120 valence electrons. The van der Waals surface area contributed by atoms with E-state index in [1.54, 1.807) is 18.5 Å². The maximum absolute atomic E-state index is 11.2. The Morgan fingerprint density at radius 2 is 2.04 bits per heavy atom. The average molecular weight is 313 g/mol. The summed E-state index contributed by atoms with van der Waals surface area (Å²) in [5.41, 5.74) is 6.42. The van der Waals surface area contributed by atoms with Crippen molar-refractivity contribution in [2.45, 2.75) is 25.9 Å². The second-order valence-corrected chi connectivity index (χ2v) is 5.56. The van der Waals surface area contributed by atoms with Crippen LogP contribution in [0.2, 0.25) is 0 Å². The molecule has 0 aromatic carbocycles. The third-order valence-corrected chi connectivity index (χ3v) is 3.84. The number of hydrogen-bond donors (Lipinski definition) is 1. The number of pyridine rings is 1. The van der Waals surface area contributed by atoms with Gasteiger partial charge in [0.1, 0.15) is 29.7 Å². The topological polar surface area (TPSA) is 94.2 Å². The highest BCUT2D eigenvalue weighted by Gasteiger charge is 2.22. The number of carbonyl (C=O) groups excluding carboxylic acids is 1. The van der Waals surface area contributed by atoms with Crippen molar-refractivity contribution >= 4 is 11.7 Å². The highest BCUT2D eigenvalue weighted by Crippen LogP contribution is 2.22. The Morgan fingerprint density at radius 3 is 2.74 bits per heavy atom. The highest BCUT2D eigenvalue weighted by atomic mass is 16.5. The molecule has 0 aliphatic carbocycles. The standard InChI is InChI=1S/C16H19N5O2/c1-11-8-15(20-10-19-11)21-6-3-12(4-7-21)23-13-2-5-18-14(9-13)16(17)22/h2,5,8-10,12H,3-4,6-7H2,1H3,(H2,17,22). The van der Waals surface area contributed by atoms with E-state index in [0.29, 0.717) is 5.75 Å². The van der Waals surface area contributed by atoms with Gasteiger partial charge in [-0.25, -0.2) is 9.97 Å². The van der Waals surface area contributed by atoms with Crippen LogP contribution in [0.5, 0.6) is 5.75 Å². The number of nitrogens with zero attached hydrogens (tertiary/aromatic N) is 4. The molecule has 1 aliphatic heterocycles. The van der Waals surface area contributed by atoms with E-state index < -0.39 is 5.91 Å². The van der Waals surface area contributed by atoms with Crippen molar-refractivity contribution in [2.75, 3.05) is 18.0 Å². The molecule has 0 unspecified atom stereocenters.